The van der Waals surface area contributed by atoms with Crippen LogP contribution in [0.25, 0.3) is 0 Å². The molecule has 0 atom stereocenters. The Hall–Kier alpha value is -2.25. The zero-order chi connectivity index (χ0) is 28.1. The van der Waals surface area contributed by atoms with Crippen molar-refractivity contribution in [2.24, 2.45) is 0 Å². The summed E-state index contributed by atoms with van der Waals surface area (Å²) in [5.41, 5.74) is 0. The molecule has 0 unspecified atom stereocenters. The van der Waals surface area contributed by atoms with Gasteiger partial charge in [0.1, 0.15) is 23.2 Å². The average Bonchev–Trinajstić information content (AvgIpc) is 3.01. The van der Waals surface area contributed by atoms with Crippen LogP contribution in [0.2, 0.25) is 0 Å². The number of benzene rings is 3. The summed E-state index contributed by atoms with van der Waals surface area (Å²) in [7, 11) is -1.71. The molecule has 40 heavy (non-hydrogen) atoms. The van der Waals surface area contributed by atoms with Crippen molar-refractivity contribution in [1.29, 1.82) is 0 Å². The fourth-order valence-corrected chi connectivity index (χ4v) is 9.62. The summed E-state index contributed by atoms with van der Waals surface area (Å²) < 4.78 is 12.0. The van der Waals surface area contributed by atoms with Gasteiger partial charge in [0.15, 0.2) is 6.29 Å². The zero-order valence-electron chi connectivity index (χ0n) is 25.1. The lowest BCUT2D eigenvalue weighted by Gasteiger charge is -2.27. The Kier molecular flexibility index (Phi) is 15.9. The normalized spacial score (nSPS) is 12.0. The molecule has 2 nitrogen and oxygen atoms in total. The maximum atomic E-state index is 5.99. The van der Waals surface area contributed by atoms with E-state index < -0.39 is 7.26 Å². The van der Waals surface area contributed by atoms with Crippen molar-refractivity contribution < 1.29 is 9.47 Å². The van der Waals surface area contributed by atoms with Crippen LogP contribution in [0.3, 0.4) is 0 Å². The third-order valence-corrected chi connectivity index (χ3v) is 12.1. The summed E-state index contributed by atoms with van der Waals surface area (Å²) in [6.07, 6.45) is 18.7. The van der Waals surface area contributed by atoms with E-state index >= 15 is 0 Å². The van der Waals surface area contributed by atoms with Crippen LogP contribution >= 0.6 is 7.26 Å². The molecule has 0 saturated heterocycles. The number of unbranched alkanes of at least 4 members (excludes halogenated alkanes) is 6. The highest BCUT2D eigenvalue weighted by molar-refractivity contribution is 7.95. The number of ether oxygens (including phenoxy) is 2. The Morgan fingerprint density at radius 2 is 1.00 bits per heavy atom. The van der Waals surface area contributed by atoms with Crippen LogP contribution in [0.15, 0.2) is 103 Å². The zero-order valence-corrected chi connectivity index (χ0v) is 25.9. The fraction of sp³-hybridized carbons (Fsp3) is 0.459. The maximum Gasteiger partial charge on any atom is 0.157 e. The van der Waals surface area contributed by atoms with Crippen molar-refractivity contribution in [3.05, 3.63) is 103 Å². The summed E-state index contributed by atoms with van der Waals surface area (Å²) in [5.74, 6) is 0. The van der Waals surface area contributed by atoms with Gasteiger partial charge in [0, 0.05) is 13.2 Å². The molecule has 3 heteroatoms. The lowest BCUT2D eigenvalue weighted by molar-refractivity contribution is -0.147. The van der Waals surface area contributed by atoms with Crippen LogP contribution in [0.5, 0.6) is 0 Å². The van der Waals surface area contributed by atoms with Gasteiger partial charge in [-0.05, 0) is 87.8 Å². The highest BCUT2D eigenvalue weighted by Crippen LogP contribution is 2.55. The lowest BCUT2D eigenvalue weighted by atomic mass is 10.1. The van der Waals surface area contributed by atoms with Gasteiger partial charge in [-0.15, -0.1) is 0 Å². The molecule has 0 aromatic heterocycles. The minimum atomic E-state index is -1.71. The van der Waals surface area contributed by atoms with Gasteiger partial charge in [-0.2, -0.15) is 0 Å². The second kappa shape index (κ2) is 19.8. The standard InChI is InChI=1S/C37H52O2P/c1-3-5-31-38-37(39-32-6-4-2)30-22-11-9-7-8-10-12-23-33-40(34-24-16-13-17-25-34,35-26-18-14-19-27-35)36-28-20-15-21-29-36/h8,10,13-21,24-29,37H,3-7,9,11-12,22-23,30-33H2,1-2H3/q+1/b10-8-. The van der Waals surface area contributed by atoms with E-state index in [9.17, 15) is 0 Å². The van der Waals surface area contributed by atoms with Crippen molar-refractivity contribution in [3.8, 4) is 0 Å². The summed E-state index contributed by atoms with van der Waals surface area (Å²) in [5, 5.41) is 4.44. The SMILES string of the molecule is CCCCOC(CCCCC/C=C\CCC[P+](c1ccccc1)(c1ccccc1)c1ccccc1)OCCCC. The molecule has 0 aliphatic heterocycles. The molecular formula is C37H52O2P+. The summed E-state index contributed by atoms with van der Waals surface area (Å²) in [6.45, 7) is 6.05. The van der Waals surface area contributed by atoms with Gasteiger partial charge in [0.25, 0.3) is 0 Å². The Morgan fingerprint density at radius 3 is 1.45 bits per heavy atom. The van der Waals surface area contributed by atoms with Crippen molar-refractivity contribution in [2.45, 2.75) is 90.8 Å². The predicted octanol–water partition coefficient (Wildman–Crippen LogP) is 9.23. The minimum absolute atomic E-state index is 0.0175. The molecule has 0 N–H and O–H groups in total. The molecular weight excluding hydrogens is 507 g/mol. The quantitative estimate of drug-likeness (QED) is 0.0560. The monoisotopic (exact) mass is 559 g/mol. The van der Waals surface area contributed by atoms with Crippen LogP contribution in [0.4, 0.5) is 0 Å². The number of hydrogen-bond donors (Lipinski definition) is 0. The molecule has 3 aromatic carbocycles. The van der Waals surface area contributed by atoms with E-state index in [0.717, 1.165) is 45.3 Å². The molecule has 0 radical (unpaired) electrons. The summed E-state index contributed by atoms with van der Waals surface area (Å²) >= 11 is 0. The first-order valence-electron chi connectivity index (χ1n) is 15.7. The first-order chi connectivity index (χ1) is 19.8. The number of rotatable bonds is 21. The topological polar surface area (TPSA) is 18.5 Å². The molecule has 0 saturated carbocycles. The molecule has 0 fully saturated rings. The first-order valence-corrected chi connectivity index (χ1v) is 17.7. The summed E-state index contributed by atoms with van der Waals surface area (Å²) in [6, 6.07) is 33.7. The molecule has 0 amide bonds. The molecule has 3 rings (SSSR count). The first kappa shape index (κ1) is 32.3. The van der Waals surface area contributed by atoms with E-state index in [1.807, 2.05) is 0 Å². The van der Waals surface area contributed by atoms with E-state index in [-0.39, 0.29) is 6.29 Å². The van der Waals surface area contributed by atoms with Gasteiger partial charge in [-0.3, -0.25) is 0 Å². The van der Waals surface area contributed by atoms with E-state index in [0.29, 0.717) is 0 Å². The van der Waals surface area contributed by atoms with Gasteiger partial charge in [-0.1, -0.05) is 99.9 Å². The van der Waals surface area contributed by atoms with E-state index in [1.165, 1.54) is 60.6 Å². The highest BCUT2D eigenvalue weighted by atomic mass is 31.2. The Morgan fingerprint density at radius 1 is 0.550 bits per heavy atom. The van der Waals surface area contributed by atoms with Gasteiger partial charge in [0.05, 0.1) is 6.16 Å². The van der Waals surface area contributed by atoms with Crippen LogP contribution in [-0.2, 0) is 9.47 Å². The van der Waals surface area contributed by atoms with Crippen LogP contribution in [-0.4, -0.2) is 25.7 Å². The van der Waals surface area contributed by atoms with Crippen molar-refractivity contribution in [3.63, 3.8) is 0 Å². The largest absolute Gasteiger partial charge is 0.353 e. The van der Waals surface area contributed by atoms with Gasteiger partial charge in [0.2, 0.25) is 0 Å². The lowest BCUT2D eigenvalue weighted by Crippen LogP contribution is -2.33. The molecule has 0 bridgehead atoms. The van der Waals surface area contributed by atoms with E-state index in [4.69, 9.17) is 9.47 Å². The Bertz CT molecular complexity index is 929. The number of allylic oxidation sites excluding steroid dienone is 2. The van der Waals surface area contributed by atoms with E-state index in [1.54, 1.807) is 0 Å². The minimum Gasteiger partial charge on any atom is -0.353 e. The predicted molar refractivity (Wildman–Crippen MR) is 177 cm³/mol. The second-order valence-electron chi connectivity index (χ2n) is 10.7. The third-order valence-electron chi connectivity index (χ3n) is 7.54. The van der Waals surface area contributed by atoms with Crippen molar-refractivity contribution in [1.82, 2.24) is 0 Å². The van der Waals surface area contributed by atoms with Crippen LogP contribution in [0, 0.1) is 0 Å². The Balaban J connectivity index is 1.49. The summed E-state index contributed by atoms with van der Waals surface area (Å²) in [4.78, 5) is 0. The van der Waals surface area contributed by atoms with Gasteiger partial charge in [-0.25, -0.2) is 0 Å². The van der Waals surface area contributed by atoms with E-state index in [2.05, 4.69) is 117 Å². The average molecular weight is 560 g/mol. The molecule has 0 aliphatic rings. The smallest absolute Gasteiger partial charge is 0.157 e. The second-order valence-corrected chi connectivity index (χ2v) is 14.3. The molecule has 0 aliphatic carbocycles. The van der Waals surface area contributed by atoms with Crippen LogP contribution < -0.4 is 15.9 Å². The van der Waals surface area contributed by atoms with Crippen molar-refractivity contribution in [2.75, 3.05) is 19.4 Å². The Labute approximate surface area is 245 Å². The number of hydrogen-bond acceptors (Lipinski definition) is 2. The molecule has 0 heterocycles. The van der Waals surface area contributed by atoms with Crippen molar-refractivity contribution >= 4 is 23.2 Å². The van der Waals surface area contributed by atoms with Crippen LogP contribution in [0.1, 0.15) is 84.5 Å². The third kappa shape index (κ3) is 10.6. The maximum absolute atomic E-state index is 5.99. The molecule has 0 spiro atoms. The highest BCUT2D eigenvalue weighted by Gasteiger charge is 2.44. The van der Waals surface area contributed by atoms with Gasteiger partial charge >= 0.3 is 0 Å². The fourth-order valence-electron chi connectivity index (χ4n) is 5.25. The van der Waals surface area contributed by atoms with Gasteiger partial charge < -0.3 is 9.47 Å². The molecule has 3 aromatic rings. The molecule has 216 valence electrons.